The summed E-state index contributed by atoms with van der Waals surface area (Å²) in [4.78, 5) is 25.9. The van der Waals surface area contributed by atoms with Gasteiger partial charge >= 0.3 is 12.4 Å². The summed E-state index contributed by atoms with van der Waals surface area (Å²) in [6.07, 6.45) is -8.81. The van der Waals surface area contributed by atoms with Crippen molar-refractivity contribution >= 4 is 11.8 Å². The molecule has 32 heavy (non-hydrogen) atoms. The summed E-state index contributed by atoms with van der Waals surface area (Å²) in [7, 11) is 0. The predicted molar refractivity (Wildman–Crippen MR) is 100 cm³/mol. The number of hydrogen-bond acceptors (Lipinski definition) is 3. The number of likely N-dealkylation sites (tertiary alicyclic amines) is 1. The zero-order valence-corrected chi connectivity index (χ0v) is 16.4. The average molecular weight is 460 g/mol. The van der Waals surface area contributed by atoms with Crippen LogP contribution in [0.1, 0.15) is 39.9 Å². The number of alkyl halides is 6. The number of amides is 2. The smallest absolute Gasteiger partial charge is 0.416 e. The minimum Gasteiger partial charge on any atom is -0.507 e. The molecule has 0 radical (unpaired) electrons. The molecule has 0 bridgehead atoms. The average Bonchev–Trinajstić information content (AvgIpc) is 3.04. The van der Waals surface area contributed by atoms with Crippen LogP contribution >= 0.6 is 0 Å². The van der Waals surface area contributed by atoms with Crippen LogP contribution in [0.15, 0.2) is 42.5 Å². The van der Waals surface area contributed by atoms with Gasteiger partial charge in [0.15, 0.2) is 0 Å². The van der Waals surface area contributed by atoms with Crippen LogP contribution < -0.4 is 5.32 Å². The number of nitrogens with one attached hydrogen (secondary N) is 1. The van der Waals surface area contributed by atoms with Crippen molar-refractivity contribution in [1.82, 2.24) is 10.2 Å². The Morgan fingerprint density at radius 2 is 1.69 bits per heavy atom. The highest BCUT2D eigenvalue weighted by Gasteiger charge is 2.34. The van der Waals surface area contributed by atoms with Gasteiger partial charge in [0.1, 0.15) is 5.75 Å². The lowest BCUT2D eigenvalue weighted by atomic mass is 10.1. The lowest BCUT2D eigenvalue weighted by molar-refractivity contribution is -0.138. The molecule has 172 valence electrons. The van der Waals surface area contributed by atoms with E-state index in [9.17, 15) is 41.0 Å². The van der Waals surface area contributed by atoms with E-state index >= 15 is 0 Å². The van der Waals surface area contributed by atoms with Crippen molar-refractivity contribution in [1.29, 1.82) is 0 Å². The fourth-order valence-corrected chi connectivity index (χ4v) is 3.47. The Labute approximate surface area is 178 Å². The molecule has 3 rings (SSSR count). The second-order valence-corrected chi connectivity index (χ2v) is 7.35. The Morgan fingerprint density at radius 3 is 2.34 bits per heavy atom. The van der Waals surface area contributed by atoms with E-state index in [1.54, 1.807) is 0 Å². The molecule has 1 saturated heterocycles. The van der Waals surface area contributed by atoms with Crippen molar-refractivity contribution in [3.05, 3.63) is 64.7 Å². The summed E-state index contributed by atoms with van der Waals surface area (Å²) in [5.74, 6) is -1.92. The molecule has 2 N–H and O–H groups in total. The van der Waals surface area contributed by atoms with E-state index in [0.717, 1.165) is 18.2 Å². The molecule has 1 aliphatic rings. The third kappa shape index (κ3) is 5.32. The van der Waals surface area contributed by atoms with Crippen molar-refractivity contribution in [2.45, 2.75) is 37.8 Å². The van der Waals surface area contributed by atoms with Gasteiger partial charge in [-0.1, -0.05) is 12.1 Å². The molecule has 1 atom stereocenters. The maximum Gasteiger partial charge on any atom is 0.416 e. The molecule has 2 amide bonds. The molecular weight excluding hydrogens is 442 g/mol. The first kappa shape index (κ1) is 23.4. The molecule has 2 aromatic carbocycles. The van der Waals surface area contributed by atoms with Gasteiger partial charge in [0.2, 0.25) is 5.91 Å². The monoisotopic (exact) mass is 460 g/mol. The Morgan fingerprint density at radius 1 is 1.03 bits per heavy atom. The van der Waals surface area contributed by atoms with Crippen LogP contribution in [0, 0.1) is 0 Å². The number of aromatic hydroxyl groups is 1. The lowest BCUT2D eigenvalue weighted by Crippen LogP contribution is -2.41. The highest BCUT2D eigenvalue weighted by atomic mass is 19.4. The molecule has 1 heterocycles. The van der Waals surface area contributed by atoms with Crippen molar-refractivity contribution in [2.75, 3.05) is 6.54 Å². The van der Waals surface area contributed by atoms with Crippen molar-refractivity contribution in [3.8, 4) is 5.75 Å². The fraction of sp³-hybridized carbons (Fsp3) is 0.333. The summed E-state index contributed by atoms with van der Waals surface area (Å²) in [5.41, 5.74) is -2.29. The summed E-state index contributed by atoms with van der Waals surface area (Å²) < 4.78 is 77.4. The zero-order valence-electron chi connectivity index (χ0n) is 16.4. The molecule has 0 unspecified atom stereocenters. The molecule has 5 nitrogen and oxygen atoms in total. The summed E-state index contributed by atoms with van der Waals surface area (Å²) in [5, 5.41) is 12.2. The van der Waals surface area contributed by atoms with Gasteiger partial charge in [-0.3, -0.25) is 9.59 Å². The Bertz CT molecular complexity index is 1020. The van der Waals surface area contributed by atoms with E-state index in [1.165, 1.54) is 17.0 Å². The van der Waals surface area contributed by atoms with Gasteiger partial charge in [0.05, 0.1) is 16.7 Å². The summed E-state index contributed by atoms with van der Waals surface area (Å²) in [6, 6.07) is 5.87. The van der Waals surface area contributed by atoms with Crippen LogP contribution in [0.2, 0.25) is 0 Å². The molecule has 11 heteroatoms. The first-order chi connectivity index (χ1) is 14.9. The number of hydrogen-bond donors (Lipinski definition) is 2. The highest BCUT2D eigenvalue weighted by Crippen LogP contribution is 2.33. The number of carbonyl (C=O) groups excluding carboxylic acids is 2. The van der Waals surface area contributed by atoms with Crippen molar-refractivity contribution < 1.29 is 41.0 Å². The van der Waals surface area contributed by atoms with Gasteiger partial charge in [-0.25, -0.2) is 0 Å². The van der Waals surface area contributed by atoms with E-state index in [4.69, 9.17) is 0 Å². The number of benzene rings is 2. The molecule has 1 fully saturated rings. The van der Waals surface area contributed by atoms with Crippen LogP contribution in [0.5, 0.6) is 5.75 Å². The maximum absolute atomic E-state index is 12.9. The topological polar surface area (TPSA) is 69.6 Å². The normalized spacial score (nSPS) is 17.0. The predicted octanol–water partition coefficient (Wildman–Crippen LogP) is 4.35. The standard InChI is InChI=1S/C21H18F6N2O3/c22-20(23,24)13-3-1-2-12(8-13)11-29-15(5-7-18(29)31)10-28-19(32)16-9-14(21(25,26)27)4-6-17(16)30/h1-4,6,8-9,15,30H,5,7,10-11H2,(H,28,32)/t15-/m1/s1. The second-order valence-electron chi connectivity index (χ2n) is 7.35. The molecule has 0 saturated carbocycles. The molecule has 2 aromatic rings. The molecule has 0 aliphatic carbocycles. The van der Waals surface area contributed by atoms with Gasteiger partial charge in [0.25, 0.3) is 5.91 Å². The van der Waals surface area contributed by atoms with E-state index in [0.29, 0.717) is 18.6 Å². The van der Waals surface area contributed by atoms with Crippen LogP contribution in [-0.4, -0.2) is 34.4 Å². The fourth-order valence-electron chi connectivity index (χ4n) is 3.47. The van der Waals surface area contributed by atoms with Crippen molar-refractivity contribution in [2.24, 2.45) is 0 Å². The van der Waals surface area contributed by atoms with Gasteiger partial charge in [-0.15, -0.1) is 0 Å². The Balaban J connectivity index is 1.70. The Kier molecular flexibility index (Phi) is 6.38. The van der Waals surface area contributed by atoms with E-state index < -0.39 is 46.7 Å². The van der Waals surface area contributed by atoms with Gasteiger partial charge < -0.3 is 15.3 Å². The third-order valence-corrected chi connectivity index (χ3v) is 5.13. The lowest BCUT2D eigenvalue weighted by Gasteiger charge is -2.25. The van der Waals surface area contributed by atoms with E-state index in [2.05, 4.69) is 5.32 Å². The summed E-state index contributed by atoms with van der Waals surface area (Å²) >= 11 is 0. The minimum absolute atomic E-state index is 0.113. The molecule has 0 spiro atoms. The SMILES string of the molecule is O=C(NC[C@H]1CCC(=O)N1Cc1cccc(C(F)(F)F)c1)c1cc(C(F)(F)F)ccc1O. The zero-order chi connectivity index (χ0) is 23.7. The number of rotatable bonds is 5. The quantitative estimate of drug-likeness (QED) is 0.652. The first-order valence-corrected chi connectivity index (χ1v) is 9.50. The van der Waals surface area contributed by atoms with Gasteiger partial charge in [-0.05, 0) is 42.3 Å². The van der Waals surface area contributed by atoms with Gasteiger partial charge in [-0.2, -0.15) is 26.3 Å². The molecular formula is C21H18F6N2O3. The Hall–Kier alpha value is -3.24. The first-order valence-electron chi connectivity index (χ1n) is 9.50. The van der Waals surface area contributed by atoms with E-state index in [1.807, 2.05) is 0 Å². The van der Waals surface area contributed by atoms with Crippen LogP contribution in [0.25, 0.3) is 0 Å². The van der Waals surface area contributed by atoms with E-state index in [-0.39, 0.29) is 31.0 Å². The van der Waals surface area contributed by atoms with Crippen LogP contribution in [0.3, 0.4) is 0 Å². The number of phenolic OH excluding ortho intramolecular Hbond substituents is 1. The second kappa shape index (κ2) is 8.71. The molecule has 0 aromatic heterocycles. The summed E-state index contributed by atoms with van der Waals surface area (Å²) in [6.45, 7) is -0.253. The number of halogens is 6. The molecule has 1 aliphatic heterocycles. The van der Waals surface area contributed by atoms with Crippen molar-refractivity contribution in [3.63, 3.8) is 0 Å². The van der Waals surface area contributed by atoms with Crippen LogP contribution in [0.4, 0.5) is 26.3 Å². The van der Waals surface area contributed by atoms with Crippen LogP contribution in [-0.2, 0) is 23.7 Å². The van der Waals surface area contributed by atoms with Gasteiger partial charge in [0, 0.05) is 25.6 Å². The maximum atomic E-state index is 12.9. The largest absolute Gasteiger partial charge is 0.507 e. The third-order valence-electron chi connectivity index (χ3n) is 5.13. The number of carbonyl (C=O) groups is 2. The number of nitrogens with zero attached hydrogens (tertiary/aromatic N) is 1. The minimum atomic E-state index is -4.71. The number of phenols is 1. The highest BCUT2D eigenvalue weighted by molar-refractivity contribution is 5.97.